The highest BCUT2D eigenvalue weighted by Crippen LogP contribution is 2.26. The van der Waals surface area contributed by atoms with Crippen LogP contribution in [0.5, 0.6) is 0 Å². The molecule has 2 rings (SSSR count). The van der Waals surface area contributed by atoms with Gasteiger partial charge in [0.1, 0.15) is 17.8 Å². The third kappa shape index (κ3) is 3.59. The highest BCUT2D eigenvalue weighted by Gasteiger charge is 2.18. The maximum absolute atomic E-state index is 12.3. The molecule has 0 aliphatic rings. The highest BCUT2D eigenvalue weighted by atomic mass is 16.6. The number of carbonyl (C=O) groups is 1. The fourth-order valence-corrected chi connectivity index (χ4v) is 1.87. The molecular formula is C16H9N5O3. The number of nitro groups is 1. The molecule has 0 saturated carbocycles. The Morgan fingerprint density at radius 2 is 1.75 bits per heavy atom. The van der Waals surface area contributed by atoms with Crippen LogP contribution in [-0.2, 0) is 0 Å². The lowest BCUT2D eigenvalue weighted by molar-refractivity contribution is -0.384. The van der Waals surface area contributed by atoms with Gasteiger partial charge in [0.05, 0.1) is 4.92 Å². The van der Waals surface area contributed by atoms with E-state index in [0.717, 1.165) is 6.07 Å². The predicted molar refractivity (Wildman–Crippen MR) is 85.3 cm³/mol. The van der Waals surface area contributed by atoms with Crippen molar-refractivity contribution in [3.63, 3.8) is 0 Å². The lowest BCUT2D eigenvalue weighted by Gasteiger charge is -2.05. The molecule has 8 nitrogen and oxygen atoms in total. The zero-order valence-electron chi connectivity index (χ0n) is 12.1. The second kappa shape index (κ2) is 7.29. The van der Waals surface area contributed by atoms with Gasteiger partial charge in [0.2, 0.25) is 5.71 Å². The molecule has 0 atom stereocenters. The molecule has 0 bridgehead atoms. The average Bonchev–Trinajstić information content (AvgIpc) is 2.62. The van der Waals surface area contributed by atoms with Gasteiger partial charge in [0.15, 0.2) is 5.78 Å². The molecule has 0 aromatic heterocycles. The van der Waals surface area contributed by atoms with Crippen LogP contribution < -0.4 is 5.43 Å². The number of hydrogen-bond donors (Lipinski definition) is 1. The number of rotatable bonds is 5. The highest BCUT2D eigenvalue weighted by molar-refractivity contribution is 6.11. The van der Waals surface area contributed by atoms with E-state index in [0.29, 0.717) is 5.56 Å². The zero-order chi connectivity index (χ0) is 17.5. The number of ketones is 1. The molecule has 0 radical (unpaired) electrons. The Labute approximate surface area is 136 Å². The third-order valence-corrected chi connectivity index (χ3v) is 2.99. The van der Waals surface area contributed by atoms with Crippen LogP contribution in [0.15, 0.2) is 53.6 Å². The fourth-order valence-electron chi connectivity index (χ4n) is 1.87. The normalized spacial score (nSPS) is 9.25. The second-order valence-corrected chi connectivity index (χ2v) is 4.48. The summed E-state index contributed by atoms with van der Waals surface area (Å²) in [5.74, 6) is -0.358. The van der Waals surface area contributed by atoms with Crippen molar-refractivity contribution in [1.82, 2.24) is 0 Å². The molecule has 0 aliphatic heterocycles. The van der Waals surface area contributed by atoms with Crippen molar-refractivity contribution < 1.29 is 9.72 Å². The zero-order valence-corrected chi connectivity index (χ0v) is 12.1. The lowest BCUT2D eigenvalue weighted by atomic mass is 10.0. The van der Waals surface area contributed by atoms with Crippen molar-refractivity contribution in [1.29, 1.82) is 10.5 Å². The minimum atomic E-state index is -0.682. The Balaban J connectivity index is 2.39. The number of anilines is 1. The van der Waals surface area contributed by atoms with Crippen LogP contribution >= 0.6 is 0 Å². The largest absolute Gasteiger partial charge is 0.294 e. The summed E-state index contributed by atoms with van der Waals surface area (Å²) in [4.78, 5) is 22.8. The minimum Gasteiger partial charge on any atom is -0.289 e. The van der Waals surface area contributed by atoms with Gasteiger partial charge in [-0.3, -0.25) is 20.3 Å². The summed E-state index contributed by atoms with van der Waals surface area (Å²) in [5.41, 5.74) is 1.93. The Morgan fingerprint density at radius 3 is 2.33 bits per heavy atom. The molecule has 0 saturated heterocycles. The number of hydrogen-bond acceptors (Lipinski definition) is 7. The predicted octanol–water partition coefficient (Wildman–Crippen LogP) is 2.64. The Bertz CT molecular complexity index is 892. The van der Waals surface area contributed by atoms with Crippen molar-refractivity contribution in [2.75, 3.05) is 5.43 Å². The summed E-state index contributed by atoms with van der Waals surface area (Å²) >= 11 is 0. The Hall–Kier alpha value is -4.04. The van der Waals surface area contributed by atoms with Gasteiger partial charge in [-0.15, -0.1) is 0 Å². The molecule has 0 heterocycles. The number of carbonyl (C=O) groups excluding carboxylic acids is 1. The smallest absolute Gasteiger partial charge is 0.289 e. The van der Waals surface area contributed by atoms with Crippen LogP contribution in [0.3, 0.4) is 0 Å². The van der Waals surface area contributed by atoms with Crippen molar-refractivity contribution in [2.45, 2.75) is 0 Å². The maximum atomic E-state index is 12.3. The molecule has 0 aliphatic carbocycles. The average molecular weight is 319 g/mol. The Morgan fingerprint density at radius 1 is 1.08 bits per heavy atom. The van der Waals surface area contributed by atoms with Crippen LogP contribution in [0.25, 0.3) is 0 Å². The van der Waals surface area contributed by atoms with Crippen LogP contribution in [0.2, 0.25) is 0 Å². The van der Waals surface area contributed by atoms with Gasteiger partial charge in [-0.1, -0.05) is 30.3 Å². The molecule has 116 valence electrons. The molecule has 1 N–H and O–H groups in total. The molecule has 0 unspecified atom stereocenters. The van der Waals surface area contributed by atoms with E-state index in [9.17, 15) is 14.9 Å². The number of nitrogens with one attached hydrogen (secondary N) is 1. The first kappa shape index (κ1) is 16.3. The number of benzene rings is 2. The summed E-state index contributed by atoms with van der Waals surface area (Å²) < 4.78 is 0. The SMILES string of the molecule is N#CC(C#N)=NNc1ccc(C(=O)c2ccccc2)cc1[N+](=O)[O-]. The Kier molecular flexibility index (Phi) is 4.96. The monoisotopic (exact) mass is 319 g/mol. The van der Waals surface area contributed by atoms with E-state index >= 15 is 0 Å². The standard InChI is InChI=1S/C16H9N5O3/c17-9-13(10-18)19-20-14-7-6-12(8-15(14)21(23)24)16(22)11-4-2-1-3-5-11/h1-8,20H. The molecule has 8 heteroatoms. The van der Waals surface area contributed by atoms with Crippen molar-refractivity contribution in [3.8, 4) is 12.1 Å². The van der Waals surface area contributed by atoms with Crippen LogP contribution in [0.4, 0.5) is 11.4 Å². The van der Waals surface area contributed by atoms with E-state index in [2.05, 4.69) is 10.5 Å². The quantitative estimate of drug-likeness (QED) is 0.390. The summed E-state index contributed by atoms with van der Waals surface area (Å²) in [7, 11) is 0. The van der Waals surface area contributed by atoms with Gasteiger partial charge in [0.25, 0.3) is 5.69 Å². The number of nitriles is 2. The van der Waals surface area contributed by atoms with Crippen LogP contribution in [0, 0.1) is 32.8 Å². The summed E-state index contributed by atoms with van der Waals surface area (Å²) in [6.45, 7) is 0. The van der Waals surface area contributed by atoms with Crippen molar-refractivity contribution in [2.24, 2.45) is 5.10 Å². The van der Waals surface area contributed by atoms with Gasteiger partial charge < -0.3 is 0 Å². The molecule has 0 fully saturated rings. The first-order chi connectivity index (χ1) is 11.6. The van der Waals surface area contributed by atoms with E-state index in [1.165, 1.54) is 24.3 Å². The van der Waals surface area contributed by atoms with Gasteiger partial charge >= 0.3 is 0 Å². The van der Waals surface area contributed by atoms with Crippen LogP contribution in [-0.4, -0.2) is 16.4 Å². The first-order valence-electron chi connectivity index (χ1n) is 6.59. The van der Waals surface area contributed by atoms with E-state index in [1.807, 2.05) is 0 Å². The minimum absolute atomic E-state index is 0.0346. The van der Waals surface area contributed by atoms with Gasteiger partial charge in [-0.2, -0.15) is 15.6 Å². The molecule has 24 heavy (non-hydrogen) atoms. The van der Waals surface area contributed by atoms with E-state index in [4.69, 9.17) is 10.5 Å². The molecule has 2 aromatic rings. The maximum Gasteiger partial charge on any atom is 0.294 e. The van der Waals surface area contributed by atoms with E-state index < -0.39 is 16.3 Å². The molecule has 0 amide bonds. The third-order valence-electron chi connectivity index (χ3n) is 2.99. The number of nitrogens with zero attached hydrogens (tertiary/aromatic N) is 4. The number of hydrazone groups is 1. The van der Waals surface area contributed by atoms with Gasteiger partial charge in [-0.25, -0.2) is 0 Å². The summed E-state index contributed by atoms with van der Waals surface area (Å²) in [6, 6.07) is 15.2. The molecule has 2 aromatic carbocycles. The first-order valence-corrected chi connectivity index (χ1v) is 6.59. The topological polar surface area (TPSA) is 132 Å². The van der Waals surface area contributed by atoms with E-state index in [1.54, 1.807) is 30.3 Å². The van der Waals surface area contributed by atoms with Gasteiger partial charge in [0, 0.05) is 17.2 Å². The van der Waals surface area contributed by atoms with E-state index in [-0.39, 0.29) is 17.0 Å². The number of nitro benzene ring substituents is 1. The lowest BCUT2D eigenvalue weighted by Crippen LogP contribution is -2.04. The van der Waals surface area contributed by atoms with Crippen molar-refractivity contribution >= 4 is 22.9 Å². The summed E-state index contributed by atoms with van der Waals surface area (Å²) in [5, 5.41) is 31.9. The summed E-state index contributed by atoms with van der Waals surface area (Å²) in [6.07, 6.45) is 0. The van der Waals surface area contributed by atoms with Crippen molar-refractivity contribution in [3.05, 3.63) is 69.8 Å². The second-order valence-electron chi connectivity index (χ2n) is 4.48. The molecular weight excluding hydrogens is 310 g/mol. The van der Waals surface area contributed by atoms with Crippen LogP contribution in [0.1, 0.15) is 15.9 Å². The molecule has 0 spiro atoms. The van der Waals surface area contributed by atoms with Gasteiger partial charge in [-0.05, 0) is 12.1 Å². The fraction of sp³-hybridized carbons (Fsp3) is 0.